The number of quaternary nitrogens is 1. The molecule has 18 heavy (non-hydrogen) atoms. The predicted octanol–water partition coefficient (Wildman–Crippen LogP) is 2.98. The predicted molar refractivity (Wildman–Crippen MR) is 63.3 cm³/mol. The second kappa shape index (κ2) is 5.10. The smallest absolute Gasteiger partial charge is 0.331 e. The second-order valence-corrected chi connectivity index (χ2v) is 5.27. The lowest BCUT2D eigenvalue weighted by atomic mass is 10.0. The van der Waals surface area contributed by atoms with Gasteiger partial charge >= 0.3 is 6.18 Å². The topological polar surface area (TPSA) is 17.1 Å². The van der Waals surface area contributed by atoms with Crippen molar-refractivity contribution < 1.29 is 22.4 Å². The van der Waals surface area contributed by atoms with Gasteiger partial charge in [-0.15, -0.1) is 0 Å². The van der Waals surface area contributed by atoms with Gasteiger partial charge < -0.3 is 4.48 Å². The minimum absolute atomic E-state index is 0.123. The van der Waals surface area contributed by atoms with E-state index in [-0.39, 0.29) is 17.8 Å². The van der Waals surface area contributed by atoms with E-state index < -0.39 is 11.7 Å². The molecular formula is C13H17F3NO+. The number of ketones is 1. The fourth-order valence-corrected chi connectivity index (χ4v) is 1.45. The summed E-state index contributed by atoms with van der Waals surface area (Å²) in [5.41, 5.74) is -0.656. The molecule has 0 heterocycles. The van der Waals surface area contributed by atoms with Crippen LogP contribution < -0.4 is 0 Å². The average Bonchev–Trinajstić information content (AvgIpc) is 2.24. The Labute approximate surface area is 105 Å². The van der Waals surface area contributed by atoms with Crippen LogP contribution in [0.25, 0.3) is 0 Å². The molecule has 0 amide bonds. The summed E-state index contributed by atoms with van der Waals surface area (Å²) in [6.45, 7) is 0.592. The number of Topliss-reactive ketones (excluding diaryl/α,β-unsaturated/α-hetero) is 1. The van der Waals surface area contributed by atoms with Gasteiger partial charge in [0, 0.05) is 5.56 Å². The molecule has 0 saturated carbocycles. The third kappa shape index (κ3) is 4.49. The number of carbonyl (C=O) groups is 1. The van der Waals surface area contributed by atoms with E-state index in [1.807, 2.05) is 21.1 Å². The molecule has 0 saturated heterocycles. The second-order valence-electron chi connectivity index (χ2n) is 5.27. The highest BCUT2D eigenvalue weighted by molar-refractivity contribution is 5.96. The average molecular weight is 260 g/mol. The summed E-state index contributed by atoms with van der Waals surface area (Å²) in [6, 6.07) is 4.57. The van der Waals surface area contributed by atoms with Gasteiger partial charge in [-0.3, -0.25) is 4.79 Å². The summed E-state index contributed by atoms with van der Waals surface area (Å²) in [4.78, 5) is 11.8. The molecule has 2 nitrogen and oxygen atoms in total. The Kier molecular flexibility index (Phi) is 4.16. The highest BCUT2D eigenvalue weighted by Gasteiger charge is 2.30. The van der Waals surface area contributed by atoms with Crippen molar-refractivity contribution in [3.63, 3.8) is 0 Å². The molecular weight excluding hydrogens is 243 g/mol. The molecule has 5 heteroatoms. The first-order valence-electron chi connectivity index (χ1n) is 5.60. The van der Waals surface area contributed by atoms with Gasteiger partial charge in [-0.05, 0) is 12.1 Å². The molecule has 0 N–H and O–H groups in total. The monoisotopic (exact) mass is 260 g/mol. The van der Waals surface area contributed by atoms with Crippen LogP contribution in [0.4, 0.5) is 13.2 Å². The highest BCUT2D eigenvalue weighted by Crippen LogP contribution is 2.29. The van der Waals surface area contributed by atoms with E-state index in [0.717, 1.165) is 12.1 Å². The molecule has 0 aliphatic rings. The SMILES string of the molecule is C[N+](C)(C)CCC(=O)c1cccc(C(F)(F)F)c1. The van der Waals surface area contributed by atoms with Gasteiger partial charge in [0.15, 0.2) is 5.78 Å². The van der Waals surface area contributed by atoms with E-state index in [9.17, 15) is 18.0 Å². The number of benzene rings is 1. The first kappa shape index (κ1) is 14.7. The Morgan fingerprint density at radius 1 is 1.22 bits per heavy atom. The molecule has 1 aromatic rings. The number of hydrogen-bond donors (Lipinski definition) is 0. The Hall–Kier alpha value is -1.36. The maximum Gasteiger partial charge on any atom is 0.416 e. The van der Waals surface area contributed by atoms with Crippen molar-refractivity contribution in [1.29, 1.82) is 0 Å². The molecule has 0 fully saturated rings. The summed E-state index contributed by atoms with van der Waals surface area (Å²) in [5, 5.41) is 0. The summed E-state index contributed by atoms with van der Waals surface area (Å²) in [6.07, 6.45) is -4.17. The minimum Gasteiger partial charge on any atom is -0.331 e. The van der Waals surface area contributed by atoms with E-state index in [1.165, 1.54) is 12.1 Å². The van der Waals surface area contributed by atoms with Gasteiger partial charge in [0.25, 0.3) is 0 Å². The fourth-order valence-electron chi connectivity index (χ4n) is 1.45. The molecule has 0 spiro atoms. The van der Waals surface area contributed by atoms with Crippen LogP contribution in [0.2, 0.25) is 0 Å². The lowest BCUT2D eigenvalue weighted by molar-refractivity contribution is -0.869. The van der Waals surface area contributed by atoms with E-state index in [4.69, 9.17) is 0 Å². The number of alkyl halides is 3. The maximum absolute atomic E-state index is 12.5. The molecule has 1 rings (SSSR count). The van der Waals surface area contributed by atoms with Gasteiger partial charge in [0.1, 0.15) is 0 Å². The van der Waals surface area contributed by atoms with Crippen molar-refractivity contribution in [3.8, 4) is 0 Å². The zero-order chi connectivity index (χ0) is 14.0. The van der Waals surface area contributed by atoms with Crippen LogP contribution >= 0.6 is 0 Å². The first-order chi connectivity index (χ1) is 8.09. The van der Waals surface area contributed by atoms with E-state index in [0.29, 0.717) is 11.0 Å². The van der Waals surface area contributed by atoms with Crippen molar-refractivity contribution in [1.82, 2.24) is 0 Å². The van der Waals surface area contributed by atoms with Gasteiger partial charge in [-0.25, -0.2) is 0 Å². The van der Waals surface area contributed by atoms with Crippen molar-refractivity contribution in [3.05, 3.63) is 35.4 Å². The number of halogens is 3. The summed E-state index contributed by atoms with van der Waals surface area (Å²) >= 11 is 0. The summed E-state index contributed by atoms with van der Waals surface area (Å²) in [7, 11) is 5.79. The molecule has 0 radical (unpaired) electrons. The lowest BCUT2D eigenvalue weighted by Crippen LogP contribution is -2.36. The van der Waals surface area contributed by atoms with Crippen LogP contribution in [0.3, 0.4) is 0 Å². The molecule has 0 aliphatic heterocycles. The Balaban J connectivity index is 2.81. The van der Waals surface area contributed by atoms with Gasteiger partial charge in [-0.2, -0.15) is 13.2 Å². The number of nitrogens with zero attached hydrogens (tertiary/aromatic N) is 1. The zero-order valence-corrected chi connectivity index (χ0v) is 10.7. The van der Waals surface area contributed by atoms with Gasteiger partial charge in [-0.1, -0.05) is 12.1 Å². The van der Waals surface area contributed by atoms with Gasteiger partial charge in [0.2, 0.25) is 0 Å². The highest BCUT2D eigenvalue weighted by atomic mass is 19.4. The van der Waals surface area contributed by atoms with Crippen LogP contribution in [-0.2, 0) is 6.18 Å². The molecule has 100 valence electrons. The van der Waals surface area contributed by atoms with Crippen LogP contribution in [0, 0.1) is 0 Å². The Morgan fingerprint density at radius 3 is 2.33 bits per heavy atom. The number of hydrogen-bond acceptors (Lipinski definition) is 1. The third-order valence-electron chi connectivity index (χ3n) is 2.52. The number of rotatable bonds is 4. The standard InChI is InChI=1S/C13H17F3NO/c1-17(2,3)8-7-12(18)10-5-4-6-11(9-10)13(14,15)16/h4-6,9H,7-8H2,1-3H3/q+1. The molecule has 0 aromatic heterocycles. The normalized spacial score (nSPS) is 12.6. The van der Waals surface area contributed by atoms with E-state index in [1.54, 1.807) is 0 Å². The van der Waals surface area contributed by atoms with E-state index >= 15 is 0 Å². The van der Waals surface area contributed by atoms with Crippen LogP contribution in [0.1, 0.15) is 22.3 Å². The van der Waals surface area contributed by atoms with Crippen LogP contribution in [-0.4, -0.2) is 38.0 Å². The zero-order valence-electron chi connectivity index (χ0n) is 10.7. The minimum atomic E-state index is -4.41. The Bertz CT molecular complexity index is 433. The van der Waals surface area contributed by atoms with Crippen molar-refractivity contribution in [2.75, 3.05) is 27.7 Å². The van der Waals surface area contributed by atoms with Crippen molar-refractivity contribution >= 4 is 5.78 Å². The molecule has 1 aromatic carbocycles. The quantitative estimate of drug-likeness (QED) is 0.601. The third-order valence-corrected chi connectivity index (χ3v) is 2.52. The maximum atomic E-state index is 12.5. The molecule has 0 aliphatic carbocycles. The largest absolute Gasteiger partial charge is 0.416 e. The molecule has 0 bridgehead atoms. The fraction of sp³-hybridized carbons (Fsp3) is 0.462. The van der Waals surface area contributed by atoms with E-state index in [2.05, 4.69) is 0 Å². The van der Waals surface area contributed by atoms with Crippen LogP contribution in [0.15, 0.2) is 24.3 Å². The lowest BCUT2D eigenvalue weighted by Gasteiger charge is -2.23. The molecule has 0 atom stereocenters. The summed E-state index contributed by atoms with van der Waals surface area (Å²) in [5.74, 6) is -0.255. The first-order valence-corrected chi connectivity index (χ1v) is 5.60. The number of carbonyl (C=O) groups excluding carboxylic acids is 1. The Morgan fingerprint density at radius 2 is 1.83 bits per heavy atom. The van der Waals surface area contributed by atoms with Crippen molar-refractivity contribution in [2.24, 2.45) is 0 Å². The summed E-state index contributed by atoms with van der Waals surface area (Å²) < 4.78 is 38.1. The van der Waals surface area contributed by atoms with Gasteiger partial charge in [0.05, 0.1) is 39.7 Å². The molecule has 0 unspecified atom stereocenters. The van der Waals surface area contributed by atoms with Crippen molar-refractivity contribution in [2.45, 2.75) is 12.6 Å². The van der Waals surface area contributed by atoms with Crippen LogP contribution in [0.5, 0.6) is 0 Å².